The van der Waals surface area contributed by atoms with Crippen LogP contribution in [0.3, 0.4) is 0 Å². The van der Waals surface area contributed by atoms with E-state index in [9.17, 15) is 4.39 Å². The summed E-state index contributed by atoms with van der Waals surface area (Å²) in [6.45, 7) is 0.561. The van der Waals surface area contributed by atoms with Crippen molar-refractivity contribution in [2.45, 2.75) is 12.3 Å². The molecule has 1 aliphatic rings. The molecule has 3 heteroatoms. The average Bonchev–Trinajstić information content (AvgIpc) is 3.01. The summed E-state index contributed by atoms with van der Waals surface area (Å²) in [4.78, 5) is 8.44. The van der Waals surface area contributed by atoms with Gasteiger partial charge in [0.15, 0.2) is 0 Å². The summed E-state index contributed by atoms with van der Waals surface area (Å²) < 4.78 is 14.1. The quantitative estimate of drug-likeness (QED) is 0.807. The maximum atomic E-state index is 14.1. The maximum Gasteiger partial charge on any atom is 0.127 e. The minimum absolute atomic E-state index is 0.0545. The number of benzene rings is 2. The highest BCUT2D eigenvalue weighted by molar-refractivity contribution is 6.00. The van der Waals surface area contributed by atoms with Crippen molar-refractivity contribution in [1.82, 2.24) is 0 Å². The van der Waals surface area contributed by atoms with Gasteiger partial charge in [-0.2, -0.15) is 0 Å². The van der Waals surface area contributed by atoms with Crippen molar-refractivity contribution in [3.05, 3.63) is 71.5 Å². The zero-order valence-corrected chi connectivity index (χ0v) is 11.0. The minimum Gasteiger partial charge on any atom is -0.267 e. The first-order valence-corrected chi connectivity index (χ1v) is 6.68. The van der Waals surface area contributed by atoms with Gasteiger partial charge in [-0.25, -0.2) is 9.38 Å². The summed E-state index contributed by atoms with van der Waals surface area (Å²) in [7, 11) is 0. The molecular weight excluding hydrogens is 251 g/mol. The first-order valence-electron chi connectivity index (χ1n) is 6.68. The van der Waals surface area contributed by atoms with Crippen molar-refractivity contribution >= 4 is 12.1 Å². The van der Waals surface area contributed by atoms with Crippen LogP contribution in [-0.4, -0.2) is 18.6 Å². The number of hydrogen-bond acceptors (Lipinski definition) is 2. The first kappa shape index (κ1) is 12.7. The molecule has 3 rings (SSSR count). The second kappa shape index (κ2) is 5.78. The van der Waals surface area contributed by atoms with Gasteiger partial charge in [-0.1, -0.05) is 48.5 Å². The highest BCUT2D eigenvalue weighted by Gasteiger charge is 2.22. The predicted octanol–water partition coefficient (Wildman–Crippen LogP) is 3.63. The van der Waals surface area contributed by atoms with Crippen LogP contribution >= 0.6 is 0 Å². The molecule has 2 aromatic rings. The van der Waals surface area contributed by atoms with Crippen molar-refractivity contribution in [3.8, 4) is 0 Å². The first-order chi connectivity index (χ1) is 9.84. The third kappa shape index (κ3) is 2.67. The Morgan fingerprint density at radius 2 is 1.75 bits per heavy atom. The topological polar surface area (TPSA) is 24.7 Å². The summed E-state index contributed by atoms with van der Waals surface area (Å²) in [6, 6.07) is 17.0. The van der Waals surface area contributed by atoms with Crippen LogP contribution in [0.15, 0.2) is 64.6 Å². The van der Waals surface area contributed by atoms with Gasteiger partial charge in [0.05, 0.1) is 6.54 Å². The Morgan fingerprint density at radius 1 is 1.00 bits per heavy atom. The van der Waals surface area contributed by atoms with E-state index in [4.69, 9.17) is 0 Å². The fraction of sp³-hybridized carbons (Fsp3) is 0.176. The van der Waals surface area contributed by atoms with E-state index in [0.29, 0.717) is 12.1 Å². The van der Waals surface area contributed by atoms with Crippen LogP contribution in [0.5, 0.6) is 0 Å². The number of aliphatic imine (C=N–C) groups is 2. The van der Waals surface area contributed by atoms with E-state index in [1.54, 1.807) is 12.4 Å². The van der Waals surface area contributed by atoms with Crippen LogP contribution in [-0.2, 0) is 6.42 Å². The second-order valence-corrected chi connectivity index (χ2v) is 4.84. The summed E-state index contributed by atoms with van der Waals surface area (Å²) >= 11 is 0. The van der Waals surface area contributed by atoms with Crippen LogP contribution in [0.25, 0.3) is 0 Å². The highest BCUT2D eigenvalue weighted by atomic mass is 19.1. The van der Waals surface area contributed by atoms with E-state index in [0.717, 1.165) is 12.1 Å². The SMILES string of the molecule is Fc1ccccc1C(Cc1ccccc1)C1=NC=NC1. The molecule has 2 nitrogen and oxygen atoms in total. The van der Waals surface area contributed by atoms with Gasteiger partial charge in [0.25, 0.3) is 0 Å². The monoisotopic (exact) mass is 266 g/mol. The van der Waals surface area contributed by atoms with Gasteiger partial charge in [-0.3, -0.25) is 4.99 Å². The van der Waals surface area contributed by atoms with E-state index in [1.807, 2.05) is 30.3 Å². The minimum atomic E-state index is -0.178. The van der Waals surface area contributed by atoms with Gasteiger partial charge >= 0.3 is 0 Å². The number of rotatable bonds is 4. The molecule has 0 amide bonds. The molecular formula is C17H15FN2. The lowest BCUT2D eigenvalue weighted by Crippen LogP contribution is -2.18. The normalized spacial score (nSPS) is 15.2. The Kier molecular flexibility index (Phi) is 3.68. The summed E-state index contributed by atoms with van der Waals surface area (Å²) in [5, 5.41) is 0. The van der Waals surface area contributed by atoms with E-state index < -0.39 is 0 Å². The molecule has 20 heavy (non-hydrogen) atoms. The lowest BCUT2D eigenvalue weighted by atomic mass is 9.87. The zero-order chi connectivity index (χ0) is 13.8. The van der Waals surface area contributed by atoms with E-state index in [1.165, 1.54) is 11.6 Å². The lowest BCUT2D eigenvalue weighted by Gasteiger charge is -2.18. The molecule has 1 unspecified atom stereocenters. The third-order valence-electron chi connectivity index (χ3n) is 3.52. The Labute approximate surface area is 117 Å². The number of halogens is 1. The Morgan fingerprint density at radius 3 is 2.45 bits per heavy atom. The van der Waals surface area contributed by atoms with E-state index in [2.05, 4.69) is 22.1 Å². The summed E-state index contributed by atoms with van der Waals surface area (Å²) in [5.41, 5.74) is 2.80. The third-order valence-corrected chi connectivity index (χ3v) is 3.52. The second-order valence-electron chi connectivity index (χ2n) is 4.84. The maximum absolute atomic E-state index is 14.1. The summed E-state index contributed by atoms with van der Waals surface area (Å²) in [6.07, 6.45) is 2.30. The Hall–Kier alpha value is -2.29. The molecule has 0 aromatic heterocycles. The van der Waals surface area contributed by atoms with Crippen LogP contribution in [0.4, 0.5) is 4.39 Å². The fourth-order valence-electron chi connectivity index (χ4n) is 2.51. The molecule has 1 heterocycles. The standard InChI is InChI=1S/C17H15FN2/c18-16-9-5-4-8-14(16)15(17-11-19-12-20-17)10-13-6-2-1-3-7-13/h1-9,12,15H,10-11H2. The van der Waals surface area contributed by atoms with Gasteiger partial charge in [0, 0.05) is 11.6 Å². The molecule has 0 spiro atoms. The van der Waals surface area contributed by atoms with Crippen LogP contribution < -0.4 is 0 Å². The molecule has 0 saturated carbocycles. The molecule has 0 N–H and O–H groups in total. The smallest absolute Gasteiger partial charge is 0.127 e. The van der Waals surface area contributed by atoms with Crippen molar-refractivity contribution in [1.29, 1.82) is 0 Å². The Bertz CT molecular complexity index is 647. The van der Waals surface area contributed by atoms with E-state index in [-0.39, 0.29) is 11.7 Å². The molecule has 0 saturated heterocycles. The molecule has 0 aliphatic carbocycles. The van der Waals surface area contributed by atoms with Gasteiger partial charge < -0.3 is 0 Å². The predicted molar refractivity (Wildman–Crippen MR) is 80.1 cm³/mol. The molecule has 0 radical (unpaired) electrons. The van der Waals surface area contributed by atoms with Gasteiger partial charge in [-0.15, -0.1) is 0 Å². The van der Waals surface area contributed by atoms with E-state index >= 15 is 0 Å². The average molecular weight is 266 g/mol. The molecule has 1 aliphatic heterocycles. The lowest BCUT2D eigenvalue weighted by molar-refractivity contribution is 0.602. The Balaban J connectivity index is 1.95. The van der Waals surface area contributed by atoms with Gasteiger partial charge in [0.1, 0.15) is 12.2 Å². The van der Waals surface area contributed by atoms with Crippen LogP contribution in [0.1, 0.15) is 17.0 Å². The number of hydrogen-bond donors (Lipinski definition) is 0. The molecule has 0 bridgehead atoms. The molecule has 1 atom stereocenters. The molecule has 100 valence electrons. The molecule has 2 aromatic carbocycles. The fourth-order valence-corrected chi connectivity index (χ4v) is 2.51. The number of nitrogens with zero attached hydrogens (tertiary/aromatic N) is 2. The van der Waals surface area contributed by atoms with Crippen molar-refractivity contribution in [2.75, 3.05) is 6.54 Å². The van der Waals surface area contributed by atoms with Gasteiger partial charge in [0.2, 0.25) is 0 Å². The highest BCUT2D eigenvalue weighted by Crippen LogP contribution is 2.26. The summed E-state index contributed by atoms with van der Waals surface area (Å²) in [5.74, 6) is -0.232. The van der Waals surface area contributed by atoms with Crippen molar-refractivity contribution in [3.63, 3.8) is 0 Å². The van der Waals surface area contributed by atoms with Crippen molar-refractivity contribution < 1.29 is 4.39 Å². The zero-order valence-electron chi connectivity index (χ0n) is 11.0. The van der Waals surface area contributed by atoms with Crippen LogP contribution in [0, 0.1) is 5.82 Å². The van der Waals surface area contributed by atoms with Crippen molar-refractivity contribution in [2.24, 2.45) is 9.98 Å². The largest absolute Gasteiger partial charge is 0.267 e. The van der Waals surface area contributed by atoms with Gasteiger partial charge in [-0.05, 0) is 23.6 Å². The molecule has 0 fully saturated rings. The van der Waals surface area contributed by atoms with Crippen LogP contribution in [0.2, 0.25) is 0 Å².